The highest BCUT2D eigenvalue weighted by atomic mass is 15.2. The topological polar surface area (TPSA) is 15.3 Å². The van der Waals surface area contributed by atoms with Crippen molar-refractivity contribution >= 4 is 5.69 Å². The molecule has 2 rings (SSSR count). The molecule has 0 spiro atoms. The first-order chi connectivity index (χ1) is 8.03. The number of rotatable bonds is 2. The molecule has 0 bridgehead atoms. The van der Waals surface area contributed by atoms with Crippen LogP contribution in [0.4, 0.5) is 5.69 Å². The Hall–Kier alpha value is -1.02. The number of benzene rings is 1. The van der Waals surface area contributed by atoms with Gasteiger partial charge in [0.1, 0.15) is 0 Å². The maximum absolute atomic E-state index is 3.46. The first-order valence-corrected chi connectivity index (χ1v) is 6.52. The second-order valence-corrected chi connectivity index (χ2v) is 5.86. The van der Waals surface area contributed by atoms with E-state index in [0.717, 1.165) is 13.1 Å². The number of hydrogen-bond acceptors (Lipinski definition) is 2. The lowest BCUT2D eigenvalue weighted by Crippen LogP contribution is -2.54. The molecule has 1 N–H and O–H groups in total. The normalized spacial score (nSPS) is 23.8. The summed E-state index contributed by atoms with van der Waals surface area (Å²) >= 11 is 0. The Balaban J connectivity index is 2.12. The third-order valence-electron chi connectivity index (χ3n) is 4.12. The van der Waals surface area contributed by atoms with Crippen LogP contribution in [0.2, 0.25) is 0 Å². The maximum atomic E-state index is 3.46. The monoisotopic (exact) mass is 232 g/mol. The summed E-state index contributed by atoms with van der Waals surface area (Å²) < 4.78 is 0. The van der Waals surface area contributed by atoms with Gasteiger partial charge in [0.25, 0.3) is 0 Å². The van der Waals surface area contributed by atoms with E-state index in [1.165, 1.54) is 17.7 Å². The fraction of sp³-hybridized carbons (Fsp3) is 0.600. The van der Waals surface area contributed by atoms with E-state index in [1.807, 2.05) is 0 Å². The lowest BCUT2D eigenvalue weighted by atomic mass is 9.78. The average molecular weight is 232 g/mol. The van der Waals surface area contributed by atoms with Crippen molar-refractivity contribution in [1.29, 1.82) is 0 Å². The first kappa shape index (κ1) is 12.4. The lowest BCUT2D eigenvalue weighted by molar-refractivity contribution is 0.208. The highest BCUT2D eigenvalue weighted by Gasteiger charge is 2.34. The van der Waals surface area contributed by atoms with Crippen LogP contribution in [-0.4, -0.2) is 26.2 Å². The summed E-state index contributed by atoms with van der Waals surface area (Å²) in [4.78, 5) is 2.49. The lowest BCUT2D eigenvalue weighted by Gasteiger charge is -2.44. The van der Waals surface area contributed by atoms with E-state index >= 15 is 0 Å². The summed E-state index contributed by atoms with van der Waals surface area (Å²) in [7, 11) is 2.07. The molecule has 94 valence electrons. The van der Waals surface area contributed by atoms with Crippen LogP contribution in [0.15, 0.2) is 24.3 Å². The molecule has 1 unspecified atom stereocenters. The van der Waals surface area contributed by atoms with Crippen molar-refractivity contribution in [2.45, 2.75) is 33.2 Å². The van der Waals surface area contributed by atoms with E-state index < -0.39 is 0 Å². The van der Waals surface area contributed by atoms with Gasteiger partial charge in [-0.25, -0.2) is 0 Å². The number of aryl methyl sites for hydroxylation is 1. The molecule has 0 aliphatic carbocycles. The molecule has 2 heteroatoms. The number of nitrogens with one attached hydrogen (secondary N) is 1. The molecule has 1 heterocycles. The van der Waals surface area contributed by atoms with Crippen molar-refractivity contribution in [1.82, 2.24) is 5.32 Å². The Morgan fingerprint density at radius 1 is 1.24 bits per heavy atom. The molecule has 1 fully saturated rings. The maximum Gasteiger partial charge on any atom is 0.0366 e. The number of piperidine rings is 1. The molecule has 2 nitrogen and oxygen atoms in total. The predicted molar refractivity (Wildman–Crippen MR) is 74.6 cm³/mol. The van der Waals surface area contributed by atoms with Gasteiger partial charge in [0, 0.05) is 24.8 Å². The smallest absolute Gasteiger partial charge is 0.0366 e. The third kappa shape index (κ3) is 2.63. The Labute approximate surface area is 105 Å². The fourth-order valence-electron chi connectivity index (χ4n) is 2.63. The molecular weight excluding hydrogens is 208 g/mol. The minimum Gasteiger partial charge on any atom is -0.370 e. The number of nitrogens with zero attached hydrogens (tertiary/aromatic N) is 1. The molecule has 1 aromatic carbocycles. The van der Waals surface area contributed by atoms with Crippen molar-refractivity contribution < 1.29 is 0 Å². The average Bonchev–Trinajstić information content (AvgIpc) is 2.30. The van der Waals surface area contributed by atoms with Crippen molar-refractivity contribution in [2.75, 3.05) is 25.0 Å². The van der Waals surface area contributed by atoms with Crippen molar-refractivity contribution in [3.8, 4) is 0 Å². The van der Waals surface area contributed by atoms with Crippen LogP contribution in [-0.2, 0) is 0 Å². The van der Waals surface area contributed by atoms with Crippen molar-refractivity contribution in [2.24, 2.45) is 5.41 Å². The van der Waals surface area contributed by atoms with Crippen LogP contribution in [0.1, 0.15) is 25.8 Å². The molecule has 1 saturated heterocycles. The van der Waals surface area contributed by atoms with Gasteiger partial charge >= 0.3 is 0 Å². The molecular formula is C15H24N2. The Morgan fingerprint density at radius 2 is 1.88 bits per heavy atom. The van der Waals surface area contributed by atoms with Crippen LogP contribution in [0.25, 0.3) is 0 Å². The highest BCUT2D eigenvalue weighted by molar-refractivity contribution is 5.48. The second kappa shape index (κ2) is 4.69. The zero-order valence-electron chi connectivity index (χ0n) is 11.5. The van der Waals surface area contributed by atoms with Gasteiger partial charge in [-0.2, -0.15) is 0 Å². The zero-order valence-corrected chi connectivity index (χ0v) is 11.5. The largest absolute Gasteiger partial charge is 0.370 e. The SMILES string of the molecule is CNC1CN(c2ccc(C)cc2)CCC1(C)C. The predicted octanol–water partition coefficient (Wildman–Crippen LogP) is 2.82. The van der Waals surface area contributed by atoms with Crippen molar-refractivity contribution in [3.63, 3.8) is 0 Å². The number of likely N-dealkylation sites (N-methyl/N-ethyl adjacent to an activating group) is 1. The molecule has 17 heavy (non-hydrogen) atoms. The summed E-state index contributed by atoms with van der Waals surface area (Å²) in [6.07, 6.45) is 1.24. The fourth-order valence-corrected chi connectivity index (χ4v) is 2.63. The van der Waals surface area contributed by atoms with Crippen LogP contribution in [0, 0.1) is 12.3 Å². The van der Waals surface area contributed by atoms with Gasteiger partial charge in [-0.3, -0.25) is 0 Å². The Kier molecular flexibility index (Phi) is 3.43. The molecule has 0 radical (unpaired) electrons. The standard InChI is InChI=1S/C15H24N2/c1-12-5-7-13(8-6-12)17-10-9-15(2,3)14(11-17)16-4/h5-8,14,16H,9-11H2,1-4H3. The number of anilines is 1. The van der Waals surface area contributed by atoms with Crippen molar-refractivity contribution in [3.05, 3.63) is 29.8 Å². The van der Waals surface area contributed by atoms with E-state index in [4.69, 9.17) is 0 Å². The van der Waals surface area contributed by atoms with Crippen LogP contribution < -0.4 is 10.2 Å². The molecule has 0 aromatic heterocycles. The van der Waals surface area contributed by atoms with Gasteiger partial charge in [0.15, 0.2) is 0 Å². The summed E-state index contributed by atoms with van der Waals surface area (Å²) in [6.45, 7) is 9.13. The molecule has 1 atom stereocenters. The first-order valence-electron chi connectivity index (χ1n) is 6.52. The summed E-state index contributed by atoms with van der Waals surface area (Å²) in [5.41, 5.74) is 3.08. The van der Waals surface area contributed by atoms with Gasteiger partial charge in [-0.05, 0) is 37.9 Å². The molecule has 1 aromatic rings. The van der Waals surface area contributed by atoms with Gasteiger partial charge in [0.2, 0.25) is 0 Å². The molecule has 0 saturated carbocycles. The Bertz CT molecular complexity index is 367. The summed E-state index contributed by atoms with van der Waals surface area (Å²) in [5.74, 6) is 0. The van der Waals surface area contributed by atoms with E-state index in [0.29, 0.717) is 11.5 Å². The van der Waals surface area contributed by atoms with Crippen LogP contribution in [0.3, 0.4) is 0 Å². The van der Waals surface area contributed by atoms with Crippen LogP contribution >= 0.6 is 0 Å². The molecule has 1 aliphatic heterocycles. The third-order valence-corrected chi connectivity index (χ3v) is 4.12. The van der Waals surface area contributed by atoms with Gasteiger partial charge in [0.05, 0.1) is 0 Å². The number of hydrogen-bond donors (Lipinski definition) is 1. The van der Waals surface area contributed by atoms with E-state index in [9.17, 15) is 0 Å². The van der Waals surface area contributed by atoms with E-state index in [1.54, 1.807) is 0 Å². The van der Waals surface area contributed by atoms with Gasteiger partial charge in [-0.15, -0.1) is 0 Å². The molecule has 0 amide bonds. The minimum atomic E-state index is 0.399. The van der Waals surface area contributed by atoms with E-state index in [2.05, 4.69) is 62.3 Å². The quantitative estimate of drug-likeness (QED) is 0.843. The Morgan fingerprint density at radius 3 is 2.47 bits per heavy atom. The van der Waals surface area contributed by atoms with Crippen LogP contribution in [0.5, 0.6) is 0 Å². The minimum absolute atomic E-state index is 0.399. The second-order valence-electron chi connectivity index (χ2n) is 5.86. The summed E-state index contributed by atoms with van der Waals surface area (Å²) in [5, 5.41) is 3.46. The zero-order chi connectivity index (χ0) is 12.5. The highest BCUT2D eigenvalue weighted by Crippen LogP contribution is 2.32. The summed E-state index contributed by atoms with van der Waals surface area (Å²) in [6, 6.07) is 9.44. The molecule has 1 aliphatic rings. The van der Waals surface area contributed by atoms with Gasteiger partial charge < -0.3 is 10.2 Å². The van der Waals surface area contributed by atoms with Gasteiger partial charge in [-0.1, -0.05) is 31.5 Å². The van der Waals surface area contributed by atoms with E-state index in [-0.39, 0.29) is 0 Å².